The van der Waals surface area contributed by atoms with Crippen LogP contribution in [-0.2, 0) is 0 Å². The molecule has 224 valence electrons. The van der Waals surface area contributed by atoms with Crippen molar-refractivity contribution in [3.63, 3.8) is 0 Å². The molecule has 0 aliphatic rings. The first-order valence-corrected chi connectivity index (χ1v) is 16.8. The minimum atomic E-state index is 0.612. The third-order valence-corrected chi connectivity index (χ3v) is 10.4. The zero-order chi connectivity index (χ0) is 31.6. The van der Waals surface area contributed by atoms with E-state index in [1.54, 1.807) is 0 Å². The molecule has 0 radical (unpaired) electrons. The summed E-state index contributed by atoms with van der Waals surface area (Å²) >= 11 is 1.82. The Morgan fingerprint density at radius 3 is 1.85 bits per heavy atom. The summed E-state index contributed by atoms with van der Waals surface area (Å²) in [6.07, 6.45) is 0. The molecule has 10 rings (SSSR count). The van der Waals surface area contributed by atoms with E-state index >= 15 is 0 Å². The maximum atomic E-state index is 6.26. The van der Waals surface area contributed by atoms with Crippen LogP contribution in [0.2, 0.25) is 0 Å². The Morgan fingerprint density at radius 2 is 1.02 bits per heavy atom. The van der Waals surface area contributed by atoms with Crippen LogP contribution in [0.4, 0.5) is 0 Å². The van der Waals surface area contributed by atoms with E-state index in [1.165, 1.54) is 31.1 Å². The van der Waals surface area contributed by atoms with E-state index in [1.807, 2.05) is 47.7 Å². The van der Waals surface area contributed by atoms with E-state index in [4.69, 9.17) is 19.4 Å². The van der Waals surface area contributed by atoms with Gasteiger partial charge in [-0.15, -0.1) is 11.3 Å². The molecule has 4 nitrogen and oxygen atoms in total. The van der Waals surface area contributed by atoms with Gasteiger partial charge in [-0.25, -0.2) is 15.0 Å². The van der Waals surface area contributed by atoms with Gasteiger partial charge in [0.1, 0.15) is 11.2 Å². The van der Waals surface area contributed by atoms with Crippen LogP contribution in [0.3, 0.4) is 0 Å². The number of rotatable bonds is 4. The Balaban J connectivity index is 1.23. The van der Waals surface area contributed by atoms with Crippen LogP contribution >= 0.6 is 11.3 Å². The highest BCUT2D eigenvalue weighted by Gasteiger charge is 2.20. The Kier molecular flexibility index (Phi) is 6.01. The van der Waals surface area contributed by atoms with Gasteiger partial charge in [-0.3, -0.25) is 0 Å². The Labute approximate surface area is 279 Å². The predicted molar refractivity (Wildman–Crippen MR) is 199 cm³/mol. The van der Waals surface area contributed by atoms with E-state index in [9.17, 15) is 0 Å². The van der Waals surface area contributed by atoms with Crippen molar-refractivity contribution in [1.29, 1.82) is 0 Å². The van der Waals surface area contributed by atoms with Crippen LogP contribution in [0.1, 0.15) is 0 Å². The van der Waals surface area contributed by atoms with Crippen LogP contribution in [0.15, 0.2) is 156 Å². The molecule has 3 aromatic heterocycles. The van der Waals surface area contributed by atoms with Crippen molar-refractivity contribution in [3.8, 4) is 45.3 Å². The molecule has 48 heavy (non-hydrogen) atoms. The summed E-state index contributed by atoms with van der Waals surface area (Å²) in [5.41, 5.74) is 6.79. The second-order valence-corrected chi connectivity index (χ2v) is 13.0. The molecule has 0 fully saturated rings. The monoisotopic (exact) mass is 631 g/mol. The van der Waals surface area contributed by atoms with Crippen molar-refractivity contribution in [1.82, 2.24) is 15.0 Å². The molecule has 0 saturated heterocycles. The molecule has 0 amide bonds. The molecular weight excluding hydrogens is 607 g/mol. The van der Waals surface area contributed by atoms with E-state index in [-0.39, 0.29) is 0 Å². The van der Waals surface area contributed by atoms with E-state index in [0.717, 1.165) is 49.6 Å². The Morgan fingerprint density at radius 1 is 0.396 bits per heavy atom. The number of aromatic nitrogens is 3. The van der Waals surface area contributed by atoms with Crippen molar-refractivity contribution in [2.75, 3.05) is 0 Å². The molecule has 0 bridgehead atoms. The average molecular weight is 632 g/mol. The molecule has 0 spiro atoms. The lowest BCUT2D eigenvalue weighted by Crippen LogP contribution is -2.00. The second kappa shape index (κ2) is 10.7. The van der Waals surface area contributed by atoms with Crippen molar-refractivity contribution in [3.05, 3.63) is 152 Å². The van der Waals surface area contributed by atoms with Gasteiger partial charge in [-0.2, -0.15) is 0 Å². The van der Waals surface area contributed by atoms with Crippen molar-refractivity contribution in [2.45, 2.75) is 0 Å². The zero-order valence-corrected chi connectivity index (χ0v) is 26.4. The molecule has 10 aromatic rings. The summed E-state index contributed by atoms with van der Waals surface area (Å²) in [7, 11) is 0. The Bertz CT molecular complexity index is 2830. The first-order valence-electron chi connectivity index (χ1n) is 15.9. The standard InChI is InChI=1S/C43H25N3OS/c1-2-10-26(11-3-1)27-20-22-29(23-21-27)41-44-42(33-15-8-18-36-38(33)31-14-6-7-17-35(31)47-36)46-43(45-41)34-16-9-19-37-39(34)32-25-24-28-12-4-5-13-30(28)40(32)48-37/h1-25H. The number of furan rings is 1. The van der Waals surface area contributed by atoms with Gasteiger partial charge >= 0.3 is 0 Å². The normalized spacial score (nSPS) is 11.8. The minimum absolute atomic E-state index is 0.612. The molecule has 0 atom stereocenters. The van der Waals surface area contributed by atoms with Gasteiger partial charge < -0.3 is 4.42 Å². The summed E-state index contributed by atoms with van der Waals surface area (Å²) in [6.45, 7) is 0. The van der Waals surface area contributed by atoms with Gasteiger partial charge in [0, 0.05) is 47.6 Å². The van der Waals surface area contributed by atoms with E-state index in [2.05, 4.69) is 115 Å². The van der Waals surface area contributed by atoms with Crippen LogP contribution in [0.5, 0.6) is 0 Å². The molecule has 7 aromatic carbocycles. The number of benzene rings is 7. The third kappa shape index (κ3) is 4.25. The quantitative estimate of drug-likeness (QED) is 0.194. The van der Waals surface area contributed by atoms with Gasteiger partial charge in [0.05, 0.1) is 0 Å². The summed E-state index contributed by atoms with van der Waals surface area (Å²) in [5, 5.41) is 6.91. The molecule has 0 aliphatic carbocycles. The molecule has 0 N–H and O–H groups in total. The lowest BCUT2D eigenvalue weighted by atomic mass is 10.0. The second-order valence-electron chi connectivity index (χ2n) is 12.0. The summed E-state index contributed by atoms with van der Waals surface area (Å²) < 4.78 is 8.74. The molecule has 3 heterocycles. The molecule has 0 saturated carbocycles. The van der Waals surface area contributed by atoms with Gasteiger partial charge in [0.2, 0.25) is 0 Å². The average Bonchev–Trinajstić information content (AvgIpc) is 3.74. The first-order chi connectivity index (χ1) is 23.8. The van der Waals surface area contributed by atoms with Crippen LogP contribution < -0.4 is 0 Å². The highest BCUT2D eigenvalue weighted by atomic mass is 32.1. The summed E-state index contributed by atoms with van der Waals surface area (Å²) in [4.78, 5) is 15.6. The number of hydrogen-bond acceptors (Lipinski definition) is 5. The molecule has 0 unspecified atom stereocenters. The fourth-order valence-corrected chi connectivity index (χ4v) is 8.15. The van der Waals surface area contributed by atoms with Crippen LogP contribution in [0, 0.1) is 0 Å². The molecular formula is C43H25N3OS. The fraction of sp³-hybridized carbons (Fsp3) is 0. The maximum absolute atomic E-state index is 6.26. The third-order valence-electron chi connectivity index (χ3n) is 9.16. The SMILES string of the molecule is c1ccc(-c2ccc(-c3nc(-c4cccc5oc6ccccc6c45)nc(-c4cccc5sc6c7ccccc7ccc6c45)n3)cc2)cc1. The van der Waals surface area contributed by atoms with Gasteiger partial charge in [0.15, 0.2) is 17.5 Å². The maximum Gasteiger partial charge on any atom is 0.164 e. The van der Waals surface area contributed by atoms with Gasteiger partial charge in [0.25, 0.3) is 0 Å². The minimum Gasteiger partial charge on any atom is -0.456 e. The van der Waals surface area contributed by atoms with E-state index in [0.29, 0.717) is 17.5 Å². The predicted octanol–water partition coefficient (Wildman–Crippen LogP) is 12.0. The smallest absolute Gasteiger partial charge is 0.164 e. The van der Waals surface area contributed by atoms with Crippen molar-refractivity contribution >= 4 is 64.2 Å². The summed E-state index contributed by atoms with van der Waals surface area (Å²) in [5.74, 6) is 1.88. The lowest BCUT2D eigenvalue weighted by Gasteiger charge is -2.11. The van der Waals surface area contributed by atoms with Gasteiger partial charge in [-0.1, -0.05) is 133 Å². The Hall–Kier alpha value is -6.17. The number of nitrogens with zero attached hydrogens (tertiary/aromatic N) is 3. The van der Waals surface area contributed by atoms with Crippen LogP contribution in [-0.4, -0.2) is 15.0 Å². The first kappa shape index (κ1) is 27.0. The topological polar surface area (TPSA) is 51.8 Å². The molecule has 5 heteroatoms. The lowest BCUT2D eigenvalue weighted by molar-refractivity contribution is 0.669. The van der Waals surface area contributed by atoms with Gasteiger partial charge in [-0.05, 0) is 40.1 Å². The highest BCUT2D eigenvalue weighted by Crippen LogP contribution is 2.43. The number of thiophene rings is 1. The van der Waals surface area contributed by atoms with Crippen LogP contribution in [0.25, 0.3) is 98.2 Å². The highest BCUT2D eigenvalue weighted by molar-refractivity contribution is 7.26. The van der Waals surface area contributed by atoms with Crippen molar-refractivity contribution in [2.24, 2.45) is 0 Å². The van der Waals surface area contributed by atoms with Crippen molar-refractivity contribution < 1.29 is 4.42 Å². The number of fused-ring (bicyclic) bond motifs is 8. The zero-order valence-electron chi connectivity index (χ0n) is 25.6. The fourth-order valence-electron chi connectivity index (χ4n) is 6.89. The number of para-hydroxylation sites is 1. The van der Waals surface area contributed by atoms with E-state index < -0.39 is 0 Å². The number of hydrogen-bond donors (Lipinski definition) is 0. The largest absolute Gasteiger partial charge is 0.456 e. The molecule has 0 aliphatic heterocycles. The summed E-state index contributed by atoms with van der Waals surface area (Å²) in [6, 6.07) is 52.6.